The minimum atomic E-state index is -0.359. The van der Waals surface area contributed by atoms with Gasteiger partial charge in [-0.15, -0.1) is 0 Å². The Morgan fingerprint density at radius 2 is 2.16 bits per heavy atom. The van der Waals surface area contributed by atoms with Gasteiger partial charge in [0.05, 0.1) is 22.4 Å². The molecule has 0 radical (unpaired) electrons. The van der Waals surface area contributed by atoms with E-state index in [9.17, 15) is 4.39 Å². The van der Waals surface area contributed by atoms with E-state index in [-0.39, 0.29) is 11.9 Å². The molecule has 0 bridgehead atoms. The molecule has 102 valence electrons. The maximum absolute atomic E-state index is 13.4. The summed E-state index contributed by atoms with van der Waals surface area (Å²) in [5.74, 6) is 5.34. The van der Waals surface area contributed by atoms with Crippen LogP contribution in [-0.4, -0.2) is 9.78 Å². The molecule has 2 aromatic rings. The van der Waals surface area contributed by atoms with Gasteiger partial charge in [0.25, 0.3) is 0 Å². The summed E-state index contributed by atoms with van der Waals surface area (Å²) in [7, 11) is 0. The van der Waals surface area contributed by atoms with Gasteiger partial charge in [0.2, 0.25) is 0 Å². The number of halogens is 3. The van der Waals surface area contributed by atoms with Crippen molar-refractivity contribution >= 4 is 31.9 Å². The van der Waals surface area contributed by atoms with Crippen LogP contribution in [0, 0.1) is 5.82 Å². The van der Waals surface area contributed by atoms with E-state index < -0.39 is 0 Å². The third-order valence-corrected chi connectivity index (χ3v) is 4.18. The molecule has 0 amide bonds. The van der Waals surface area contributed by atoms with Gasteiger partial charge < -0.3 is 0 Å². The zero-order valence-corrected chi connectivity index (χ0v) is 13.4. The number of rotatable bonds is 4. The van der Waals surface area contributed by atoms with Crippen LogP contribution >= 0.6 is 31.9 Å². The SMILES string of the molecule is CCn1ncc(Br)c1C(NN)c1cc(F)ccc1Br. The summed E-state index contributed by atoms with van der Waals surface area (Å²) >= 11 is 6.87. The van der Waals surface area contributed by atoms with Crippen molar-refractivity contribution in [2.45, 2.75) is 19.5 Å². The van der Waals surface area contributed by atoms with E-state index in [1.807, 2.05) is 11.6 Å². The highest BCUT2D eigenvalue weighted by atomic mass is 79.9. The highest BCUT2D eigenvalue weighted by Crippen LogP contribution is 2.32. The Labute approximate surface area is 127 Å². The lowest BCUT2D eigenvalue weighted by Gasteiger charge is -2.20. The van der Waals surface area contributed by atoms with Crippen LogP contribution in [0.4, 0.5) is 4.39 Å². The van der Waals surface area contributed by atoms with Crippen molar-refractivity contribution < 1.29 is 4.39 Å². The molecule has 19 heavy (non-hydrogen) atoms. The maximum Gasteiger partial charge on any atom is 0.123 e. The monoisotopic (exact) mass is 390 g/mol. The van der Waals surface area contributed by atoms with Crippen LogP contribution < -0.4 is 11.3 Å². The number of nitrogens with one attached hydrogen (secondary N) is 1. The van der Waals surface area contributed by atoms with Crippen molar-refractivity contribution in [3.05, 3.63) is 50.4 Å². The predicted molar refractivity (Wildman–Crippen MR) is 78.9 cm³/mol. The Morgan fingerprint density at radius 1 is 1.42 bits per heavy atom. The molecule has 1 atom stereocenters. The highest BCUT2D eigenvalue weighted by Gasteiger charge is 2.22. The molecule has 1 unspecified atom stereocenters. The molecule has 0 aliphatic rings. The molecule has 0 spiro atoms. The number of aryl methyl sites for hydroxylation is 1. The highest BCUT2D eigenvalue weighted by molar-refractivity contribution is 9.10. The molecule has 4 nitrogen and oxygen atoms in total. The number of nitrogens with two attached hydrogens (primary N) is 1. The molecule has 0 fully saturated rings. The Morgan fingerprint density at radius 3 is 2.79 bits per heavy atom. The molecule has 0 aliphatic heterocycles. The lowest BCUT2D eigenvalue weighted by atomic mass is 10.0. The summed E-state index contributed by atoms with van der Waals surface area (Å²) in [4.78, 5) is 0. The summed E-state index contributed by atoms with van der Waals surface area (Å²) in [6.07, 6.45) is 1.70. The fraction of sp³-hybridized carbons (Fsp3) is 0.250. The number of aromatic nitrogens is 2. The molecule has 0 aliphatic carbocycles. The van der Waals surface area contributed by atoms with Gasteiger partial charge in [-0.3, -0.25) is 10.5 Å². The largest absolute Gasteiger partial charge is 0.271 e. The smallest absolute Gasteiger partial charge is 0.123 e. The summed E-state index contributed by atoms with van der Waals surface area (Å²) in [5, 5.41) is 4.25. The second-order valence-electron chi connectivity index (χ2n) is 3.96. The molecule has 7 heteroatoms. The topological polar surface area (TPSA) is 55.9 Å². The summed E-state index contributed by atoms with van der Waals surface area (Å²) in [6, 6.07) is 4.15. The van der Waals surface area contributed by atoms with Crippen LogP contribution in [0.3, 0.4) is 0 Å². The Kier molecular flexibility index (Phi) is 4.72. The van der Waals surface area contributed by atoms with Crippen molar-refractivity contribution in [1.29, 1.82) is 0 Å². The number of hydrogen-bond donors (Lipinski definition) is 2. The third kappa shape index (κ3) is 2.89. The first-order valence-electron chi connectivity index (χ1n) is 5.70. The van der Waals surface area contributed by atoms with Gasteiger partial charge in [-0.05, 0) is 46.6 Å². The normalized spacial score (nSPS) is 12.7. The minimum absolute atomic E-state index is 0.308. The van der Waals surface area contributed by atoms with Crippen LogP contribution in [-0.2, 0) is 6.54 Å². The fourth-order valence-electron chi connectivity index (χ4n) is 1.96. The van der Waals surface area contributed by atoms with Crippen molar-refractivity contribution in [2.75, 3.05) is 0 Å². The summed E-state index contributed by atoms with van der Waals surface area (Å²) in [5.41, 5.74) is 4.30. The first-order valence-corrected chi connectivity index (χ1v) is 7.29. The van der Waals surface area contributed by atoms with E-state index in [0.717, 1.165) is 20.2 Å². The molecule has 1 aromatic heterocycles. The van der Waals surface area contributed by atoms with E-state index in [4.69, 9.17) is 5.84 Å². The maximum atomic E-state index is 13.4. The Balaban J connectivity index is 2.56. The molecule has 2 rings (SSSR count). The lowest BCUT2D eigenvalue weighted by molar-refractivity contribution is 0.536. The Bertz CT molecular complexity index is 585. The van der Waals surface area contributed by atoms with Gasteiger partial charge in [0.1, 0.15) is 5.82 Å². The van der Waals surface area contributed by atoms with Gasteiger partial charge in [-0.1, -0.05) is 15.9 Å². The lowest BCUT2D eigenvalue weighted by Crippen LogP contribution is -2.31. The molecule has 1 aromatic carbocycles. The second kappa shape index (κ2) is 6.13. The van der Waals surface area contributed by atoms with Crippen LogP contribution in [0.25, 0.3) is 0 Å². The zero-order valence-electron chi connectivity index (χ0n) is 10.2. The average molecular weight is 392 g/mol. The molecule has 0 saturated heterocycles. The summed E-state index contributed by atoms with van der Waals surface area (Å²) in [6.45, 7) is 2.68. The number of hydrazine groups is 1. The number of nitrogens with zero attached hydrogens (tertiary/aromatic N) is 2. The third-order valence-electron chi connectivity index (χ3n) is 2.84. The fourth-order valence-corrected chi connectivity index (χ4v) is 2.96. The first kappa shape index (κ1) is 14.6. The van der Waals surface area contributed by atoms with E-state index in [0.29, 0.717) is 6.54 Å². The van der Waals surface area contributed by atoms with Crippen molar-refractivity contribution in [3.8, 4) is 0 Å². The van der Waals surface area contributed by atoms with E-state index in [1.165, 1.54) is 12.1 Å². The van der Waals surface area contributed by atoms with Crippen molar-refractivity contribution in [2.24, 2.45) is 5.84 Å². The van der Waals surface area contributed by atoms with Gasteiger partial charge in [0.15, 0.2) is 0 Å². The van der Waals surface area contributed by atoms with Crippen LogP contribution in [0.2, 0.25) is 0 Å². The molecule has 0 saturated carbocycles. The van der Waals surface area contributed by atoms with Crippen LogP contribution in [0.1, 0.15) is 24.2 Å². The molecule has 3 N–H and O–H groups in total. The molecular formula is C12H13Br2FN4. The van der Waals surface area contributed by atoms with E-state index in [2.05, 4.69) is 42.4 Å². The molecular weight excluding hydrogens is 379 g/mol. The Hall–Kier alpha value is -0.760. The van der Waals surface area contributed by atoms with Crippen molar-refractivity contribution in [3.63, 3.8) is 0 Å². The quantitative estimate of drug-likeness (QED) is 0.621. The minimum Gasteiger partial charge on any atom is -0.271 e. The predicted octanol–water partition coefficient (Wildman–Crippen LogP) is 3.12. The van der Waals surface area contributed by atoms with Gasteiger partial charge in [0, 0.05) is 11.0 Å². The first-order chi connectivity index (χ1) is 9.08. The second-order valence-corrected chi connectivity index (χ2v) is 5.67. The van der Waals surface area contributed by atoms with Gasteiger partial charge in [-0.2, -0.15) is 5.10 Å². The van der Waals surface area contributed by atoms with Gasteiger partial charge >= 0.3 is 0 Å². The number of hydrogen-bond acceptors (Lipinski definition) is 3. The van der Waals surface area contributed by atoms with E-state index >= 15 is 0 Å². The van der Waals surface area contributed by atoms with E-state index in [1.54, 1.807) is 12.3 Å². The zero-order chi connectivity index (χ0) is 14.0. The standard InChI is InChI=1S/C12H13Br2FN4/c1-2-19-12(10(14)6-17-19)11(18-16)8-5-7(15)3-4-9(8)13/h3-6,11,18H,2,16H2,1H3. The summed E-state index contributed by atoms with van der Waals surface area (Å²) < 4.78 is 16.9. The van der Waals surface area contributed by atoms with Crippen LogP contribution in [0.5, 0.6) is 0 Å². The average Bonchev–Trinajstić information content (AvgIpc) is 2.76. The van der Waals surface area contributed by atoms with Crippen molar-refractivity contribution in [1.82, 2.24) is 15.2 Å². The van der Waals surface area contributed by atoms with Crippen LogP contribution in [0.15, 0.2) is 33.3 Å². The van der Waals surface area contributed by atoms with Gasteiger partial charge in [-0.25, -0.2) is 9.82 Å². The number of benzene rings is 1. The molecule has 1 heterocycles.